The van der Waals surface area contributed by atoms with Gasteiger partial charge in [-0.2, -0.15) is 0 Å². The highest BCUT2D eigenvalue weighted by molar-refractivity contribution is 5.47. The first-order valence-corrected chi connectivity index (χ1v) is 6.94. The molecule has 2 aromatic rings. The number of pyridine rings is 1. The SMILES string of the molecule is CCCNC(c1cc(C)cnc1N)c1c(F)cccc1F. The Morgan fingerprint density at radius 3 is 2.57 bits per heavy atom. The number of aromatic nitrogens is 1. The summed E-state index contributed by atoms with van der Waals surface area (Å²) in [5.41, 5.74) is 7.36. The van der Waals surface area contributed by atoms with Crippen LogP contribution in [0.5, 0.6) is 0 Å². The highest BCUT2D eigenvalue weighted by Gasteiger charge is 2.23. The van der Waals surface area contributed by atoms with Crippen molar-refractivity contribution in [2.24, 2.45) is 0 Å². The number of nitrogens with two attached hydrogens (primary N) is 1. The molecule has 1 atom stereocenters. The number of nitrogen functional groups attached to an aromatic ring is 1. The smallest absolute Gasteiger partial charge is 0.131 e. The van der Waals surface area contributed by atoms with Gasteiger partial charge in [0.1, 0.15) is 17.5 Å². The number of nitrogens with zero attached hydrogens (tertiary/aromatic N) is 1. The van der Waals surface area contributed by atoms with Crippen LogP contribution in [0, 0.1) is 18.6 Å². The monoisotopic (exact) mass is 291 g/mol. The van der Waals surface area contributed by atoms with Crippen molar-refractivity contribution < 1.29 is 8.78 Å². The summed E-state index contributed by atoms with van der Waals surface area (Å²) < 4.78 is 28.2. The molecule has 0 radical (unpaired) electrons. The van der Waals surface area contributed by atoms with Crippen LogP contribution in [0.3, 0.4) is 0 Å². The molecule has 0 saturated heterocycles. The van der Waals surface area contributed by atoms with Crippen LogP contribution in [0.25, 0.3) is 0 Å². The lowest BCUT2D eigenvalue weighted by atomic mass is 9.97. The lowest BCUT2D eigenvalue weighted by Gasteiger charge is -2.22. The maximum absolute atomic E-state index is 14.1. The molecule has 3 nitrogen and oxygen atoms in total. The van der Waals surface area contributed by atoms with E-state index in [2.05, 4.69) is 10.3 Å². The van der Waals surface area contributed by atoms with E-state index < -0.39 is 17.7 Å². The number of nitrogens with one attached hydrogen (secondary N) is 1. The molecule has 3 N–H and O–H groups in total. The molecule has 0 aliphatic carbocycles. The molecule has 112 valence electrons. The molecule has 1 aromatic heterocycles. The van der Waals surface area contributed by atoms with Gasteiger partial charge in [-0.3, -0.25) is 0 Å². The van der Waals surface area contributed by atoms with E-state index in [1.54, 1.807) is 6.20 Å². The number of benzene rings is 1. The molecule has 0 aliphatic heterocycles. The van der Waals surface area contributed by atoms with Crippen molar-refractivity contribution in [2.45, 2.75) is 26.3 Å². The zero-order chi connectivity index (χ0) is 15.4. The van der Waals surface area contributed by atoms with Crippen LogP contribution in [0.2, 0.25) is 0 Å². The highest BCUT2D eigenvalue weighted by atomic mass is 19.1. The van der Waals surface area contributed by atoms with Crippen LogP contribution in [-0.4, -0.2) is 11.5 Å². The fraction of sp³-hybridized carbons (Fsp3) is 0.312. The average molecular weight is 291 g/mol. The fourth-order valence-corrected chi connectivity index (χ4v) is 2.28. The van der Waals surface area contributed by atoms with Gasteiger partial charge in [0.2, 0.25) is 0 Å². The van der Waals surface area contributed by atoms with Crippen LogP contribution in [0.1, 0.15) is 36.1 Å². The lowest BCUT2D eigenvalue weighted by Crippen LogP contribution is -2.26. The Hall–Kier alpha value is -2.01. The lowest BCUT2D eigenvalue weighted by molar-refractivity contribution is 0.503. The molecular weight excluding hydrogens is 272 g/mol. The van der Waals surface area contributed by atoms with Crippen molar-refractivity contribution in [3.63, 3.8) is 0 Å². The second-order valence-corrected chi connectivity index (χ2v) is 5.01. The third kappa shape index (κ3) is 3.36. The second-order valence-electron chi connectivity index (χ2n) is 5.01. The summed E-state index contributed by atoms with van der Waals surface area (Å²) in [6.45, 7) is 4.47. The van der Waals surface area contributed by atoms with Gasteiger partial charge in [0.05, 0.1) is 6.04 Å². The van der Waals surface area contributed by atoms with E-state index in [-0.39, 0.29) is 11.4 Å². The normalized spacial score (nSPS) is 12.4. The summed E-state index contributed by atoms with van der Waals surface area (Å²) in [7, 11) is 0. The van der Waals surface area contributed by atoms with Crippen LogP contribution >= 0.6 is 0 Å². The Bertz CT molecular complexity index is 609. The summed E-state index contributed by atoms with van der Waals surface area (Å²) in [5, 5.41) is 3.15. The summed E-state index contributed by atoms with van der Waals surface area (Å²) in [6.07, 6.45) is 2.47. The van der Waals surface area contributed by atoms with Crippen LogP contribution in [0.4, 0.5) is 14.6 Å². The molecule has 1 heterocycles. The van der Waals surface area contributed by atoms with Crippen molar-refractivity contribution in [3.8, 4) is 0 Å². The third-order valence-electron chi connectivity index (χ3n) is 3.28. The Labute approximate surface area is 123 Å². The number of halogens is 2. The average Bonchev–Trinajstić information content (AvgIpc) is 2.45. The van der Waals surface area contributed by atoms with E-state index in [1.165, 1.54) is 18.2 Å². The first kappa shape index (κ1) is 15.4. The Morgan fingerprint density at radius 2 is 1.95 bits per heavy atom. The summed E-state index contributed by atoms with van der Waals surface area (Å²) in [6, 6.07) is 5.00. The molecule has 0 amide bonds. The van der Waals surface area contributed by atoms with E-state index in [0.29, 0.717) is 12.1 Å². The van der Waals surface area contributed by atoms with Crippen LogP contribution < -0.4 is 11.1 Å². The molecule has 1 unspecified atom stereocenters. The zero-order valence-corrected chi connectivity index (χ0v) is 12.2. The number of anilines is 1. The first-order chi connectivity index (χ1) is 10.0. The second kappa shape index (κ2) is 6.63. The van der Waals surface area contributed by atoms with E-state index in [9.17, 15) is 8.78 Å². The number of rotatable bonds is 5. The van der Waals surface area contributed by atoms with Gasteiger partial charge in [0.25, 0.3) is 0 Å². The molecule has 0 bridgehead atoms. The molecule has 5 heteroatoms. The Morgan fingerprint density at radius 1 is 1.29 bits per heavy atom. The zero-order valence-electron chi connectivity index (χ0n) is 12.2. The van der Waals surface area contributed by atoms with Crippen molar-refractivity contribution in [1.82, 2.24) is 10.3 Å². The van der Waals surface area contributed by atoms with Gasteiger partial charge in [-0.15, -0.1) is 0 Å². The fourth-order valence-electron chi connectivity index (χ4n) is 2.28. The van der Waals surface area contributed by atoms with Gasteiger partial charge in [-0.1, -0.05) is 13.0 Å². The highest BCUT2D eigenvalue weighted by Crippen LogP contribution is 2.30. The maximum Gasteiger partial charge on any atom is 0.131 e. The standard InChI is InChI=1S/C16H19F2N3/c1-3-7-20-15(11-8-10(2)9-21-16(11)19)14-12(17)5-4-6-13(14)18/h4-6,8-9,15,20H,3,7H2,1-2H3,(H2,19,21). The van der Waals surface area contributed by atoms with Gasteiger partial charge in [0, 0.05) is 17.3 Å². The largest absolute Gasteiger partial charge is 0.383 e. The first-order valence-electron chi connectivity index (χ1n) is 6.94. The molecule has 0 fully saturated rings. The molecular formula is C16H19F2N3. The topological polar surface area (TPSA) is 50.9 Å². The molecule has 0 saturated carbocycles. The number of aryl methyl sites for hydroxylation is 1. The minimum absolute atomic E-state index is 0.0231. The Kier molecular flexibility index (Phi) is 4.85. The van der Waals surface area contributed by atoms with Gasteiger partial charge in [-0.25, -0.2) is 13.8 Å². The van der Waals surface area contributed by atoms with Gasteiger partial charge in [0.15, 0.2) is 0 Å². The molecule has 0 aliphatic rings. The minimum atomic E-state index is -0.654. The van der Waals surface area contributed by atoms with Crippen molar-refractivity contribution in [3.05, 3.63) is 58.8 Å². The van der Waals surface area contributed by atoms with Gasteiger partial charge >= 0.3 is 0 Å². The summed E-state index contributed by atoms with van der Waals surface area (Å²) in [5.74, 6) is -0.911. The van der Waals surface area contributed by atoms with Gasteiger partial charge < -0.3 is 11.1 Å². The number of hydrogen-bond acceptors (Lipinski definition) is 3. The Balaban J connectivity index is 2.55. The van der Waals surface area contributed by atoms with Gasteiger partial charge in [-0.05, 0) is 43.7 Å². The van der Waals surface area contributed by atoms with E-state index in [1.807, 2.05) is 19.9 Å². The molecule has 2 rings (SSSR count). The molecule has 0 spiro atoms. The number of hydrogen-bond donors (Lipinski definition) is 2. The van der Waals surface area contributed by atoms with Crippen molar-refractivity contribution in [1.29, 1.82) is 0 Å². The predicted octanol–water partition coefficient (Wildman–Crippen LogP) is 3.34. The van der Waals surface area contributed by atoms with Crippen molar-refractivity contribution in [2.75, 3.05) is 12.3 Å². The summed E-state index contributed by atoms with van der Waals surface area (Å²) in [4.78, 5) is 4.09. The van der Waals surface area contributed by atoms with E-state index in [0.717, 1.165) is 12.0 Å². The third-order valence-corrected chi connectivity index (χ3v) is 3.28. The molecule has 1 aromatic carbocycles. The van der Waals surface area contributed by atoms with E-state index in [4.69, 9.17) is 5.73 Å². The van der Waals surface area contributed by atoms with Crippen LogP contribution in [-0.2, 0) is 0 Å². The van der Waals surface area contributed by atoms with Crippen molar-refractivity contribution >= 4 is 5.82 Å². The van der Waals surface area contributed by atoms with E-state index >= 15 is 0 Å². The maximum atomic E-state index is 14.1. The molecule has 21 heavy (non-hydrogen) atoms. The minimum Gasteiger partial charge on any atom is -0.383 e. The van der Waals surface area contributed by atoms with Crippen LogP contribution in [0.15, 0.2) is 30.5 Å². The predicted molar refractivity (Wildman–Crippen MR) is 79.9 cm³/mol. The quantitative estimate of drug-likeness (QED) is 0.888. The summed E-state index contributed by atoms with van der Waals surface area (Å²) >= 11 is 0.